The highest BCUT2D eigenvalue weighted by atomic mass is 19.1. The van der Waals surface area contributed by atoms with Crippen LogP contribution in [-0.4, -0.2) is 10.9 Å². The lowest BCUT2D eigenvalue weighted by Crippen LogP contribution is -2.14. The molecule has 25 heavy (non-hydrogen) atoms. The average Bonchev–Trinajstić information content (AvgIpc) is 2.63. The van der Waals surface area contributed by atoms with Crippen LogP contribution in [-0.2, 0) is 0 Å². The molecule has 0 bridgehead atoms. The molecule has 1 heterocycles. The van der Waals surface area contributed by atoms with Crippen molar-refractivity contribution in [1.29, 1.82) is 0 Å². The summed E-state index contributed by atoms with van der Waals surface area (Å²) in [5, 5.41) is 2.57. The summed E-state index contributed by atoms with van der Waals surface area (Å²) in [6.45, 7) is 1.90. The SMILES string of the molecule is CC(N)c1ccc(C(=O)Nc2ccncc2F)cc1-c1ccccc1. The molecule has 0 spiro atoms. The zero-order chi connectivity index (χ0) is 17.8. The largest absolute Gasteiger partial charge is 0.324 e. The van der Waals surface area contributed by atoms with Gasteiger partial charge in [0.1, 0.15) is 0 Å². The summed E-state index contributed by atoms with van der Waals surface area (Å²) in [6, 6.07) is 16.3. The van der Waals surface area contributed by atoms with Crippen molar-refractivity contribution in [2.24, 2.45) is 5.73 Å². The number of pyridine rings is 1. The van der Waals surface area contributed by atoms with Crippen LogP contribution >= 0.6 is 0 Å². The second-order valence-corrected chi connectivity index (χ2v) is 5.77. The number of aromatic nitrogens is 1. The van der Waals surface area contributed by atoms with Gasteiger partial charge in [-0.15, -0.1) is 0 Å². The normalized spacial score (nSPS) is 11.8. The van der Waals surface area contributed by atoms with Gasteiger partial charge in [-0.1, -0.05) is 36.4 Å². The number of carbonyl (C=O) groups is 1. The predicted molar refractivity (Wildman–Crippen MR) is 96.6 cm³/mol. The molecular formula is C20H18FN3O. The molecule has 5 heteroatoms. The summed E-state index contributed by atoms with van der Waals surface area (Å²) in [4.78, 5) is 16.2. The van der Waals surface area contributed by atoms with Crippen LogP contribution in [0.25, 0.3) is 11.1 Å². The number of nitrogens with two attached hydrogens (primary N) is 1. The molecule has 1 aromatic heterocycles. The maximum absolute atomic E-state index is 13.7. The fourth-order valence-electron chi connectivity index (χ4n) is 2.63. The van der Waals surface area contributed by atoms with Gasteiger partial charge in [0, 0.05) is 17.8 Å². The number of rotatable bonds is 4. The van der Waals surface area contributed by atoms with Crippen molar-refractivity contribution in [2.45, 2.75) is 13.0 Å². The lowest BCUT2D eigenvalue weighted by atomic mass is 9.93. The number of amides is 1. The number of benzene rings is 2. The third-order valence-corrected chi connectivity index (χ3v) is 3.91. The Morgan fingerprint density at radius 3 is 2.60 bits per heavy atom. The van der Waals surface area contributed by atoms with Crippen LogP contribution in [0.2, 0.25) is 0 Å². The predicted octanol–water partition coefficient (Wildman–Crippen LogP) is 4.16. The van der Waals surface area contributed by atoms with Gasteiger partial charge in [0.25, 0.3) is 5.91 Å². The topological polar surface area (TPSA) is 68.0 Å². The molecule has 1 atom stereocenters. The van der Waals surface area contributed by atoms with Crippen LogP contribution < -0.4 is 11.1 Å². The van der Waals surface area contributed by atoms with Crippen molar-refractivity contribution >= 4 is 11.6 Å². The molecule has 0 aliphatic rings. The van der Waals surface area contributed by atoms with Crippen LogP contribution in [0.4, 0.5) is 10.1 Å². The van der Waals surface area contributed by atoms with E-state index in [1.165, 1.54) is 12.3 Å². The molecule has 0 saturated carbocycles. The van der Waals surface area contributed by atoms with Gasteiger partial charge in [-0.2, -0.15) is 0 Å². The molecule has 0 saturated heterocycles. The first-order chi connectivity index (χ1) is 12.1. The van der Waals surface area contributed by atoms with E-state index in [1.807, 2.05) is 43.3 Å². The molecule has 2 aromatic carbocycles. The summed E-state index contributed by atoms with van der Waals surface area (Å²) in [5.74, 6) is -0.968. The van der Waals surface area contributed by atoms with Crippen LogP contribution in [0.1, 0.15) is 28.9 Å². The highest BCUT2D eigenvalue weighted by molar-refractivity contribution is 6.05. The highest BCUT2D eigenvalue weighted by Gasteiger charge is 2.14. The van der Waals surface area contributed by atoms with Crippen molar-refractivity contribution in [3.8, 4) is 11.1 Å². The number of hydrogen-bond donors (Lipinski definition) is 2. The minimum atomic E-state index is -0.577. The van der Waals surface area contributed by atoms with Gasteiger partial charge in [-0.3, -0.25) is 9.78 Å². The smallest absolute Gasteiger partial charge is 0.255 e. The van der Waals surface area contributed by atoms with Gasteiger partial charge < -0.3 is 11.1 Å². The Labute approximate surface area is 145 Å². The maximum atomic E-state index is 13.7. The number of nitrogens with zero attached hydrogens (tertiary/aromatic N) is 1. The Kier molecular flexibility index (Phi) is 4.86. The summed E-state index contributed by atoms with van der Waals surface area (Å²) < 4.78 is 13.7. The van der Waals surface area contributed by atoms with Crippen molar-refractivity contribution in [3.05, 3.63) is 83.9 Å². The lowest BCUT2D eigenvalue weighted by molar-refractivity contribution is 0.102. The first-order valence-electron chi connectivity index (χ1n) is 7.92. The Hall–Kier alpha value is -3.05. The molecule has 1 unspecified atom stereocenters. The average molecular weight is 335 g/mol. The molecule has 0 radical (unpaired) electrons. The Morgan fingerprint density at radius 2 is 1.92 bits per heavy atom. The summed E-state index contributed by atoms with van der Waals surface area (Å²) in [5.41, 5.74) is 9.39. The first kappa shape index (κ1) is 16.8. The van der Waals surface area contributed by atoms with E-state index in [-0.39, 0.29) is 11.7 Å². The highest BCUT2D eigenvalue weighted by Crippen LogP contribution is 2.29. The third-order valence-electron chi connectivity index (χ3n) is 3.91. The maximum Gasteiger partial charge on any atom is 0.255 e. The second-order valence-electron chi connectivity index (χ2n) is 5.77. The monoisotopic (exact) mass is 335 g/mol. The number of anilines is 1. The number of carbonyl (C=O) groups excluding carboxylic acids is 1. The molecule has 126 valence electrons. The second kappa shape index (κ2) is 7.23. The van der Waals surface area contributed by atoms with Gasteiger partial charge in [0.05, 0.1) is 11.9 Å². The minimum Gasteiger partial charge on any atom is -0.324 e. The van der Waals surface area contributed by atoms with Crippen molar-refractivity contribution in [1.82, 2.24) is 4.98 Å². The number of nitrogens with one attached hydrogen (secondary N) is 1. The molecule has 3 aromatic rings. The molecular weight excluding hydrogens is 317 g/mol. The third kappa shape index (κ3) is 3.72. The van der Waals surface area contributed by atoms with E-state index in [4.69, 9.17) is 5.73 Å². The van der Waals surface area contributed by atoms with E-state index in [2.05, 4.69) is 10.3 Å². The van der Waals surface area contributed by atoms with Crippen LogP contribution in [0, 0.1) is 5.82 Å². The van der Waals surface area contributed by atoms with Crippen molar-refractivity contribution < 1.29 is 9.18 Å². The Bertz CT molecular complexity index is 894. The first-order valence-corrected chi connectivity index (χ1v) is 7.92. The fraction of sp³-hybridized carbons (Fsp3) is 0.100. The zero-order valence-corrected chi connectivity index (χ0v) is 13.7. The Morgan fingerprint density at radius 1 is 1.16 bits per heavy atom. The summed E-state index contributed by atoms with van der Waals surface area (Å²) in [7, 11) is 0. The van der Waals surface area contributed by atoms with Gasteiger partial charge in [0.2, 0.25) is 0 Å². The number of halogens is 1. The van der Waals surface area contributed by atoms with Crippen LogP contribution in [0.5, 0.6) is 0 Å². The van der Waals surface area contributed by atoms with Gasteiger partial charge in [-0.05, 0) is 41.8 Å². The molecule has 3 rings (SSSR count). The molecule has 1 amide bonds. The zero-order valence-electron chi connectivity index (χ0n) is 13.7. The fourth-order valence-corrected chi connectivity index (χ4v) is 2.63. The van der Waals surface area contributed by atoms with E-state index < -0.39 is 11.7 Å². The summed E-state index contributed by atoms with van der Waals surface area (Å²) in [6.07, 6.45) is 2.48. The molecule has 4 nitrogen and oxygen atoms in total. The molecule has 0 aliphatic heterocycles. The van der Waals surface area contributed by atoms with Crippen molar-refractivity contribution in [3.63, 3.8) is 0 Å². The van der Waals surface area contributed by atoms with Crippen molar-refractivity contribution in [2.75, 3.05) is 5.32 Å². The van der Waals surface area contributed by atoms with Crippen LogP contribution in [0.3, 0.4) is 0 Å². The van der Waals surface area contributed by atoms with E-state index >= 15 is 0 Å². The lowest BCUT2D eigenvalue weighted by Gasteiger charge is -2.15. The Balaban J connectivity index is 1.98. The van der Waals surface area contributed by atoms with Gasteiger partial charge >= 0.3 is 0 Å². The molecule has 0 aliphatic carbocycles. The van der Waals surface area contributed by atoms with Gasteiger partial charge in [-0.25, -0.2) is 4.39 Å². The van der Waals surface area contributed by atoms with Gasteiger partial charge in [0.15, 0.2) is 5.82 Å². The molecule has 0 fully saturated rings. The van der Waals surface area contributed by atoms with E-state index in [0.717, 1.165) is 22.9 Å². The summed E-state index contributed by atoms with van der Waals surface area (Å²) >= 11 is 0. The quantitative estimate of drug-likeness (QED) is 0.752. The van der Waals surface area contributed by atoms with E-state index in [9.17, 15) is 9.18 Å². The number of hydrogen-bond acceptors (Lipinski definition) is 3. The molecule has 3 N–H and O–H groups in total. The standard InChI is InChI=1S/C20H18FN3O/c1-13(22)16-8-7-15(11-17(16)14-5-3-2-4-6-14)20(25)24-19-9-10-23-12-18(19)21/h2-13H,22H2,1H3,(H,23,24,25). The van der Waals surface area contributed by atoms with E-state index in [1.54, 1.807) is 12.1 Å². The van der Waals surface area contributed by atoms with Crippen LogP contribution in [0.15, 0.2) is 67.0 Å². The van der Waals surface area contributed by atoms with E-state index in [0.29, 0.717) is 5.56 Å². The minimum absolute atomic E-state index is 0.0949.